The van der Waals surface area contributed by atoms with Crippen LogP contribution in [0.5, 0.6) is 0 Å². The minimum atomic E-state index is -0.903. The van der Waals surface area contributed by atoms with Gasteiger partial charge in [0.1, 0.15) is 24.5 Å². The van der Waals surface area contributed by atoms with Crippen molar-refractivity contribution in [3.8, 4) is 0 Å². The number of nitrogens with one attached hydrogen (secondary N) is 4. The van der Waals surface area contributed by atoms with Crippen molar-refractivity contribution in [3.63, 3.8) is 0 Å². The van der Waals surface area contributed by atoms with Crippen LogP contribution in [0.1, 0.15) is 32.8 Å². The van der Waals surface area contributed by atoms with Crippen LogP contribution in [-0.4, -0.2) is 59.0 Å². The Bertz CT molecular complexity index is 954. The lowest BCUT2D eigenvalue weighted by Crippen LogP contribution is -2.50. The van der Waals surface area contributed by atoms with Gasteiger partial charge in [-0.25, -0.2) is 0 Å². The fourth-order valence-corrected chi connectivity index (χ4v) is 2.80. The fourth-order valence-electron chi connectivity index (χ4n) is 2.80. The molecule has 1 aromatic carbocycles. The Hall–Kier alpha value is -4.02. The number of nitrogens with zero attached hydrogens (tertiary/aromatic N) is 1. The third-order valence-corrected chi connectivity index (χ3v) is 4.69. The molecule has 0 unspecified atom stereocenters. The first-order chi connectivity index (χ1) is 15.6. The highest BCUT2D eigenvalue weighted by Gasteiger charge is 2.23. The summed E-state index contributed by atoms with van der Waals surface area (Å²) < 4.78 is 4.90. The quantitative estimate of drug-likeness (QED) is 0.374. The second-order valence-corrected chi connectivity index (χ2v) is 7.44. The van der Waals surface area contributed by atoms with Crippen molar-refractivity contribution in [3.05, 3.63) is 42.0 Å². The number of ether oxygens (including phenoxy) is 1. The van der Waals surface area contributed by atoms with E-state index in [2.05, 4.69) is 16.0 Å². The number of anilines is 1. The minimum absolute atomic E-state index is 0.0115. The molecular weight excluding hydrogens is 430 g/mol. The number of hydrogen-bond acceptors (Lipinski definition) is 7. The van der Waals surface area contributed by atoms with Crippen LogP contribution in [0.3, 0.4) is 0 Å². The highest BCUT2D eigenvalue weighted by atomic mass is 16.5. The van der Waals surface area contributed by atoms with Crippen molar-refractivity contribution in [1.29, 1.82) is 5.41 Å². The molecule has 1 aliphatic rings. The summed E-state index contributed by atoms with van der Waals surface area (Å²) in [5.74, 6) is -2.20. The van der Waals surface area contributed by atoms with E-state index in [4.69, 9.17) is 10.1 Å². The zero-order valence-electron chi connectivity index (χ0n) is 18.6. The number of rotatable bonds is 10. The van der Waals surface area contributed by atoms with Gasteiger partial charge < -0.3 is 20.7 Å². The summed E-state index contributed by atoms with van der Waals surface area (Å²) >= 11 is 0. The second kappa shape index (κ2) is 11.6. The average molecular weight is 457 g/mol. The van der Waals surface area contributed by atoms with Crippen molar-refractivity contribution >= 4 is 41.1 Å². The van der Waals surface area contributed by atoms with Gasteiger partial charge in [-0.05, 0) is 37.6 Å². The Morgan fingerprint density at radius 1 is 1.00 bits per heavy atom. The molecule has 0 radical (unpaired) electrons. The van der Waals surface area contributed by atoms with Gasteiger partial charge in [-0.1, -0.05) is 12.1 Å². The highest BCUT2D eigenvalue weighted by Crippen LogP contribution is 2.11. The lowest BCUT2D eigenvalue weighted by Gasteiger charge is -2.19. The normalized spacial score (nSPS) is 14.5. The SMILES string of the molecule is CC(=O)OCc1ccc(NC(=O)[C@H](C)NC(=O)[C@H](C)NC(=O)CCN2C(=N)C=CC2=O)cc1. The zero-order chi connectivity index (χ0) is 24.5. The highest BCUT2D eigenvalue weighted by molar-refractivity contribution is 6.14. The number of hydrogen-bond donors (Lipinski definition) is 4. The molecule has 0 spiro atoms. The summed E-state index contributed by atoms with van der Waals surface area (Å²) in [6, 6.07) is 4.92. The molecule has 0 aromatic heterocycles. The lowest BCUT2D eigenvalue weighted by molar-refractivity contribution is -0.142. The molecule has 0 saturated carbocycles. The van der Waals surface area contributed by atoms with Gasteiger partial charge in [0.2, 0.25) is 17.7 Å². The molecule has 11 nitrogen and oxygen atoms in total. The molecule has 1 heterocycles. The van der Waals surface area contributed by atoms with E-state index in [9.17, 15) is 24.0 Å². The predicted molar refractivity (Wildman–Crippen MR) is 119 cm³/mol. The summed E-state index contributed by atoms with van der Waals surface area (Å²) in [5.41, 5.74) is 1.27. The molecule has 1 aromatic rings. The van der Waals surface area contributed by atoms with E-state index < -0.39 is 29.8 Å². The molecule has 2 rings (SSSR count). The van der Waals surface area contributed by atoms with E-state index in [1.165, 1.54) is 32.9 Å². The van der Waals surface area contributed by atoms with Gasteiger partial charge >= 0.3 is 5.97 Å². The average Bonchev–Trinajstić information content (AvgIpc) is 3.08. The molecule has 0 aliphatic carbocycles. The largest absolute Gasteiger partial charge is 0.461 e. The molecule has 4 N–H and O–H groups in total. The van der Waals surface area contributed by atoms with E-state index in [1.54, 1.807) is 24.3 Å². The lowest BCUT2D eigenvalue weighted by atomic mass is 10.2. The van der Waals surface area contributed by atoms with E-state index in [0.717, 1.165) is 10.5 Å². The molecular formula is C22H27N5O6. The Balaban J connectivity index is 1.75. The Kier molecular flexibility index (Phi) is 8.84. The van der Waals surface area contributed by atoms with Crippen molar-refractivity contribution in [1.82, 2.24) is 15.5 Å². The maximum Gasteiger partial charge on any atom is 0.302 e. The molecule has 0 bridgehead atoms. The van der Waals surface area contributed by atoms with Crippen LogP contribution in [0.2, 0.25) is 0 Å². The number of benzene rings is 1. The van der Waals surface area contributed by atoms with Gasteiger partial charge in [-0.2, -0.15) is 0 Å². The van der Waals surface area contributed by atoms with Gasteiger partial charge in [-0.3, -0.25) is 34.3 Å². The Morgan fingerprint density at radius 3 is 2.21 bits per heavy atom. The van der Waals surface area contributed by atoms with Crippen LogP contribution < -0.4 is 16.0 Å². The monoisotopic (exact) mass is 457 g/mol. The molecule has 33 heavy (non-hydrogen) atoms. The molecule has 2 atom stereocenters. The summed E-state index contributed by atoms with van der Waals surface area (Å²) in [5, 5.41) is 15.3. The number of amides is 4. The predicted octanol–water partition coefficient (Wildman–Crippen LogP) is 0.463. The molecule has 0 saturated heterocycles. The van der Waals surface area contributed by atoms with E-state index >= 15 is 0 Å². The third-order valence-electron chi connectivity index (χ3n) is 4.69. The van der Waals surface area contributed by atoms with E-state index in [0.29, 0.717) is 5.69 Å². The Labute approximate surface area is 191 Å². The van der Waals surface area contributed by atoms with Crippen LogP contribution in [0, 0.1) is 5.41 Å². The summed E-state index contributed by atoms with van der Waals surface area (Å²) in [4.78, 5) is 60.3. The van der Waals surface area contributed by atoms with Crippen LogP contribution in [0.25, 0.3) is 0 Å². The number of amidine groups is 1. The van der Waals surface area contributed by atoms with Crippen molar-refractivity contribution in [2.75, 3.05) is 11.9 Å². The first-order valence-corrected chi connectivity index (χ1v) is 10.3. The summed E-state index contributed by atoms with van der Waals surface area (Å²) in [7, 11) is 0. The second-order valence-electron chi connectivity index (χ2n) is 7.44. The van der Waals surface area contributed by atoms with E-state index in [-0.39, 0.29) is 37.3 Å². The van der Waals surface area contributed by atoms with Gasteiger partial charge in [0.15, 0.2) is 0 Å². The first kappa shape index (κ1) is 25.2. The molecule has 4 amide bonds. The zero-order valence-corrected chi connectivity index (χ0v) is 18.6. The maximum absolute atomic E-state index is 12.4. The molecule has 0 fully saturated rings. The number of esters is 1. The standard InChI is InChI=1S/C22H27N5O6/c1-13(24-19(29)10-11-27-18(23)8-9-20(27)30)21(31)25-14(2)22(32)26-17-6-4-16(5-7-17)12-33-15(3)28/h4-9,13-14,23H,10-12H2,1-3H3,(H,24,29)(H,25,31)(H,26,32)/t13-,14-/m0/s1. The minimum Gasteiger partial charge on any atom is -0.461 e. The van der Waals surface area contributed by atoms with Crippen molar-refractivity contribution < 1.29 is 28.7 Å². The molecule has 1 aliphatic heterocycles. The smallest absolute Gasteiger partial charge is 0.302 e. The summed E-state index contributed by atoms with van der Waals surface area (Å²) in [6.45, 7) is 4.47. The van der Waals surface area contributed by atoms with Crippen LogP contribution in [0.4, 0.5) is 5.69 Å². The fraction of sp³-hybridized carbons (Fsp3) is 0.364. The van der Waals surface area contributed by atoms with Gasteiger partial charge in [0.25, 0.3) is 5.91 Å². The summed E-state index contributed by atoms with van der Waals surface area (Å²) in [6.07, 6.45) is 2.52. The maximum atomic E-state index is 12.4. The van der Waals surface area contributed by atoms with Gasteiger partial charge in [0.05, 0.1) is 0 Å². The van der Waals surface area contributed by atoms with Crippen LogP contribution >= 0.6 is 0 Å². The van der Waals surface area contributed by atoms with Gasteiger partial charge in [0, 0.05) is 31.7 Å². The topological polar surface area (TPSA) is 158 Å². The van der Waals surface area contributed by atoms with Crippen molar-refractivity contribution in [2.24, 2.45) is 0 Å². The first-order valence-electron chi connectivity index (χ1n) is 10.3. The molecule has 176 valence electrons. The van der Waals surface area contributed by atoms with Gasteiger partial charge in [-0.15, -0.1) is 0 Å². The third kappa shape index (κ3) is 7.87. The Morgan fingerprint density at radius 2 is 1.64 bits per heavy atom. The number of carbonyl (C=O) groups excluding carboxylic acids is 5. The van der Waals surface area contributed by atoms with Crippen LogP contribution in [0.15, 0.2) is 36.4 Å². The van der Waals surface area contributed by atoms with Crippen LogP contribution in [-0.2, 0) is 35.3 Å². The molecule has 11 heteroatoms. The number of carbonyl (C=O) groups is 5. The van der Waals surface area contributed by atoms with Crippen molar-refractivity contribution in [2.45, 2.75) is 45.9 Å². The van der Waals surface area contributed by atoms with E-state index in [1.807, 2.05) is 0 Å².